The van der Waals surface area contributed by atoms with Crippen LogP contribution in [-0.2, 0) is 0 Å². The maximum absolute atomic E-state index is 5.33. The molecule has 1 N–H and O–H groups in total. The van der Waals surface area contributed by atoms with Crippen LogP contribution in [0, 0.1) is 6.92 Å². The van der Waals surface area contributed by atoms with Crippen LogP contribution in [0.1, 0.15) is 18.9 Å². The zero-order valence-electron chi connectivity index (χ0n) is 7.63. The van der Waals surface area contributed by atoms with Crippen LogP contribution in [0.2, 0.25) is 0 Å². The summed E-state index contributed by atoms with van der Waals surface area (Å²) in [6.45, 7) is 5.02. The molecule has 1 rings (SSSR count). The molecular weight excluding hydrogens is 150 g/mol. The van der Waals surface area contributed by atoms with Crippen LogP contribution in [0.25, 0.3) is 0 Å². The normalized spacial score (nSPS) is 9.83. The van der Waals surface area contributed by atoms with E-state index in [4.69, 9.17) is 4.84 Å². The molecule has 0 saturated carbocycles. The largest absolute Gasteiger partial charge is 0.408 e. The lowest BCUT2D eigenvalue weighted by Crippen LogP contribution is -2.19. The van der Waals surface area contributed by atoms with Gasteiger partial charge < -0.3 is 4.84 Å². The molecule has 12 heavy (non-hydrogen) atoms. The molecule has 0 aliphatic rings. The van der Waals surface area contributed by atoms with Gasteiger partial charge in [0, 0.05) is 6.54 Å². The fourth-order valence-electron chi connectivity index (χ4n) is 0.902. The number of hydroxylamine groups is 1. The van der Waals surface area contributed by atoms with E-state index in [1.54, 1.807) is 0 Å². The fraction of sp³-hybridized carbons (Fsp3) is 0.400. The van der Waals surface area contributed by atoms with E-state index in [0.29, 0.717) is 0 Å². The van der Waals surface area contributed by atoms with Crippen molar-refractivity contribution in [1.82, 2.24) is 5.48 Å². The molecule has 0 heterocycles. The first-order valence-corrected chi connectivity index (χ1v) is 4.30. The molecular formula is C10H15NO. The molecule has 0 aliphatic carbocycles. The van der Waals surface area contributed by atoms with Gasteiger partial charge in [-0.15, -0.1) is 0 Å². The summed E-state index contributed by atoms with van der Waals surface area (Å²) in [6, 6.07) is 7.96. The van der Waals surface area contributed by atoms with Crippen molar-refractivity contribution in [2.45, 2.75) is 20.3 Å². The lowest BCUT2D eigenvalue weighted by atomic mass is 10.2. The number of hydrogen-bond donors (Lipinski definition) is 1. The first-order chi connectivity index (χ1) is 5.84. The maximum atomic E-state index is 5.33. The van der Waals surface area contributed by atoms with Crippen LogP contribution >= 0.6 is 0 Å². The smallest absolute Gasteiger partial charge is 0.150 e. The van der Waals surface area contributed by atoms with Crippen LogP contribution in [0.5, 0.6) is 5.75 Å². The third kappa shape index (κ3) is 2.55. The van der Waals surface area contributed by atoms with E-state index < -0.39 is 0 Å². The molecule has 2 heteroatoms. The Bertz CT molecular complexity index is 235. The zero-order chi connectivity index (χ0) is 8.81. The maximum Gasteiger partial charge on any atom is 0.150 e. The summed E-state index contributed by atoms with van der Waals surface area (Å²) in [7, 11) is 0. The standard InChI is InChI=1S/C10H15NO/c1-3-8-11-12-10-7-5-4-6-9(10)2/h4-7,11H,3,8H2,1-2H3. The summed E-state index contributed by atoms with van der Waals surface area (Å²) >= 11 is 0. The van der Waals surface area contributed by atoms with Gasteiger partial charge in [0.15, 0.2) is 0 Å². The van der Waals surface area contributed by atoms with E-state index in [9.17, 15) is 0 Å². The minimum Gasteiger partial charge on any atom is -0.408 e. The Balaban J connectivity index is 2.46. The minimum atomic E-state index is 0.883. The number of rotatable bonds is 4. The van der Waals surface area contributed by atoms with E-state index >= 15 is 0 Å². The molecule has 0 saturated heterocycles. The van der Waals surface area contributed by atoms with Gasteiger partial charge in [-0.3, -0.25) is 0 Å². The Morgan fingerprint density at radius 1 is 1.33 bits per heavy atom. The monoisotopic (exact) mass is 165 g/mol. The lowest BCUT2D eigenvalue weighted by molar-refractivity contribution is 0.195. The van der Waals surface area contributed by atoms with Gasteiger partial charge >= 0.3 is 0 Å². The van der Waals surface area contributed by atoms with E-state index in [1.165, 1.54) is 0 Å². The second-order valence-corrected chi connectivity index (χ2v) is 2.76. The molecule has 0 spiro atoms. The number of nitrogens with one attached hydrogen (secondary N) is 1. The highest BCUT2D eigenvalue weighted by atomic mass is 16.6. The van der Waals surface area contributed by atoms with Crippen LogP contribution in [0.3, 0.4) is 0 Å². The topological polar surface area (TPSA) is 21.3 Å². The van der Waals surface area contributed by atoms with Gasteiger partial charge in [0.25, 0.3) is 0 Å². The fourth-order valence-corrected chi connectivity index (χ4v) is 0.902. The van der Waals surface area contributed by atoms with Crippen molar-refractivity contribution in [3.05, 3.63) is 29.8 Å². The highest BCUT2D eigenvalue weighted by Gasteiger charge is 1.95. The summed E-state index contributed by atoms with van der Waals surface area (Å²) < 4.78 is 0. The summed E-state index contributed by atoms with van der Waals surface area (Å²) in [6.07, 6.45) is 1.08. The van der Waals surface area contributed by atoms with Gasteiger partial charge in [-0.2, -0.15) is 5.48 Å². The first-order valence-electron chi connectivity index (χ1n) is 4.30. The second-order valence-electron chi connectivity index (χ2n) is 2.76. The number of para-hydroxylation sites is 1. The first kappa shape index (κ1) is 9.07. The Hall–Kier alpha value is -1.02. The molecule has 2 nitrogen and oxygen atoms in total. The third-order valence-electron chi connectivity index (χ3n) is 1.63. The molecule has 1 aromatic carbocycles. The summed E-state index contributed by atoms with van der Waals surface area (Å²) in [5, 5.41) is 0. The summed E-state index contributed by atoms with van der Waals surface area (Å²) in [5.41, 5.74) is 4.05. The Kier molecular flexibility index (Phi) is 3.61. The van der Waals surface area contributed by atoms with Crippen LogP contribution in [0.15, 0.2) is 24.3 Å². The van der Waals surface area contributed by atoms with Gasteiger partial charge in [0.05, 0.1) is 0 Å². The quantitative estimate of drug-likeness (QED) is 0.546. The van der Waals surface area contributed by atoms with Gasteiger partial charge in [-0.25, -0.2) is 0 Å². The molecule has 0 unspecified atom stereocenters. The molecule has 0 aliphatic heterocycles. The van der Waals surface area contributed by atoms with Crippen LogP contribution in [-0.4, -0.2) is 6.54 Å². The van der Waals surface area contributed by atoms with Crippen molar-refractivity contribution >= 4 is 0 Å². The van der Waals surface area contributed by atoms with E-state index in [1.807, 2.05) is 31.2 Å². The average molecular weight is 165 g/mol. The Morgan fingerprint density at radius 3 is 2.75 bits per heavy atom. The summed E-state index contributed by atoms with van der Waals surface area (Å²) in [4.78, 5) is 5.33. The van der Waals surface area contributed by atoms with Gasteiger partial charge in [0.2, 0.25) is 0 Å². The molecule has 0 amide bonds. The zero-order valence-corrected chi connectivity index (χ0v) is 7.63. The highest BCUT2D eigenvalue weighted by molar-refractivity contribution is 5.31. The van der Waals surface area contributed by atoms with Crippen LogP contribution < -0.4 is 10.3 Å². The number of benzene rings is 1. The molecule has 1 aromatic rings. The molecule has 0 aromatic heterocycles. The molecule has 66 valence electrons. The SMILES string of the molecule is CCCNOc1ccccc1C. The second kappa shape index (κ2) is 4.78. The lowest BCUT2D eigenvalue weighted by Gasteiger charge is -2.07. The Labute approximate surface area is 73.5 Å². The van der Waals surface area contributed by atoms with E-state index in [0.717, 1.165) is 24.3 Å². The third-order valence-corrected chi connectivity index (χ3v) is 1.63. The van der Waals surface area contributed by atoms with Crippen molar-refractivity contribution < 1.29 is 4.84 Å². The van der Waals surface area contributed by atoms with Crippen molar-refractivity contribution in [2.75, 3.05) is 6.54 Å². The van der Waals surface area contributed by atoms with Crippen molar-refractivity contribution in [2.24, 2.45) is 0 Å². The molecule has 0 radical (unpaired) electrons. The minimum absolute atomic E-state index is 0.883. The van der Waals surface area contributed by atoms with Gasteiger partial charge in [-0.1, -0.05) is 25.1 Å². The van der Waals surface area contributed by atoms with Crippen molar-refractivity contribution in [1.29, 1.82) is 0 Å². The highest BCUT2D eigenvalue weighted by Crippen LogP contribution is 2.14. The van der Waals surface area contributed by atoms with Crippen LogP contribution in [0.4, 0.5) is 0 Å². The van der Waals surface area contributed by atoms with Crippen molar-refractivity contribution in [3.8, 4) is 5.75 Å². The summed E-state index contributed by atoms with van der Waals surface area (Å²) in [5.74, 6) is 0.908. The molecule has 0 atom stereocenters. The van der Waals surface area contributed by atoms with E-state index in [-0.39, 0.29) is 0 Å². The van der Waals surface area contributed by atoms with Gasteiger partial charge in [-0.05, 0) is 25.0 Å². The van der Waals surface area contributed by atoms with Crippen molar-refractivity contribution in [3.63, 3.8) is 0 Å². The molecule has 0 fully saturated rings. The Morgan fingerprint density at radius 2 is 2.08 bits per heavy atom. The number of aryl methyl sites for hydroxylation is 1. The molecule has 0 bridgehead atoms. The van der Waals surface area contributed by atoms with Gasteiger partial charge in [0.1, 0.15) is 5.75 Å². The number of hydrogen-bond acceptors (Lipinski definition) is 2. The average Bonchev–Trinajstić information content (AvgIpc) is 2.09. The van der Waals surface area contributed by atoms with E-state index in [2.05, 4.69) is 12.4 Å². The predicted molar refractivity (Wildman–Crippen MR) is 50.1 cm³/mol. The predicted octanol–water partition coefficient (Wildman–Crippen LogP) is 2.29.